The van der Waals surface area contributed by atoms with Gasteiger partial charge in [0.1, 0.15) is 0 Å². The lowest BCUT2D eigenvalue weighted by Crippen LogP contribution is -2.58. The maximum absolute atomic E-state index is 12.3. The number of nitrogens with one attached hydrogen (secondary N) is 4. The number of hydrogen-bond donors (Lipinski definition) is 4. The first-order valence-electron chi connectivity index (χ1n) is 9.92. The fraction of sp³-hybridized carbons (Fsp3) is 0.632. The molecule has 10 heteroatoms. The summed E-state index contributed by atoms with van der Waals surface area (Å²) in [4.78, 5) is 27.9. The number of amides is 2. The van der Waals surface area contributed by atoms with Crippen LogP contribution in [0.1, 0.15) is 24.1 Å². The Balaban J connectivity index is 1.45. The van der Waals surface area contributed by atoms with Gasteiger partial charge in [0, 0.05) is 50.1 Å². The molecule has 0 radical (unpaired) electrons. The van der Waals surface area contributed by atoms with Crippen LogP contribution < -0.4 is 21.3 Å². The van der Waals surface area contributed by atoms with E-state index < -0.39 is 0 Å². The predicted molar refractivity (Wildman–Crippen MR) is 117 cm³/mol. The molecule has 0 aromatic carbocycles. The van der Waals surface area contributed by atoms with Crippen molar-refractivity contribution >= 4 is 40.5 Å². The number of methoxy groups -OCH3 is 1. The Morgan fingerprint density at radius 1 is 1.45 bits per heavy atom. The second-order valence-electron chi connectivity index (χ2n) is 7.33. The SMILES string of the molecule is COCCNC(=S)NC1CC2C(=O)NCC(CCC(=O)NCc3cccs3)N2C1. The van der Waals surface area contributed by atoms with Crippen molar-refractivity contribution in [1.29, 1.82) is 0 Å². The van der Waals surface area contributed by atoms with Crippen LogP contribution >= 0.6 is 23.6 Å². The summed E-state index contributed by atoms with van der Waals surface area (Å²) in [6.45, 7) is 3.12. The number of carbonyl (C=O) groups excluding carboxylic acids is 2. The molecule has 2 amide bonds. The van der Waals surface area contributed by atoms with Gasteiger partial charge < -0.3 is 26.0 Å². The number of ether oxygens (including phenoxy) is 1. The molecule has 3 heterocycles. The first-order valence-corrected chi connectivity index (χ1v) is 11.2. The molecular formula is C19H29N5O3S2. The Kier molecular flexibility index (Phi) is 8.22. The third-order valence-corrected chi connectivity index (χ3v) is 6.43. The molecule has 8 nitrogen and oxygen atoms in total. The maximum atomic E-state index is 12.3. The van der Waals surface area contributed by atoms with Crippen molar-refractivity contribution in [3.8, 4) is 0 Å². The molecule has 1 aromatic heterocycles. The first-order chi connectivity index (χ1) is 14.1. The quantitative estimate of drug-likeness (QED) is 0.322. The number of piperazine rings is 1. The largest absolute Gasteiger partial charge is 0.383 e. The molecule has 29 heavy (non-hydrogen) atoms. The molecule has 0 saturated carbocycles. The van der Waals surface area contributed by atoms with E-state index in [4.69, 9.17) is 17.0 Å². The maximum Gasteiger partial charge on any atom is 0.237 e. The second-order valence-corrected chi connectivity index (χ2v) is 8.77. The highest BCUT2D eigenvalue weighted by atomic mass is 32.1. The van der Waals surface area contributed by atoms with E-state index in [2.05, 4.69) is 26.2 Å². The van der Waals surface area contributed by atoms with Gasteiger partial charge in [0.15, 0.2) is 5.11 Å². The van der Waals surface area contributed by atoms with Gasteiger partial charge in [0.2, 0.25) is 11.8 Å². The molecule has 2 saturated heterocycles. The average Bonchev–Trinajstić information content (AvgIpc) is 3.36. The van der Waals surface area contributed by atoms with Gasteiger partial charge >= 0.3 is 0 Å². The normalized spacial score (nSPS) is 23.9. The summed E-state index contributed by atoms with van der Waals surface area (Å²) < 4.78 is 5.01. The summed E-state index contributed by atoms with van der Waals surface area (Å²) >= 11 is 6.96. The molecule has 2 aliphatic heterocycles. The fourth-order valence-corrected chi connectivity index (χ4v) is 4.75. The van der Waals surface area contributed by atoms with Crippen LogP contribution in [0.2, 0.25) is 0 Å². The lowest BCUT2D eigenvalue weighted by Gasteiger charge is -2.37. The van der Waals surface area contributed by atoms with Crippen LogP contribution in [0.5, 0.6) is 0 Å². The van der Waals surface area contributed by atoms with Gasteiger partial charge in [-0.05, 0) is 36.5 Å². The van der Waals surface area contributed by atoms with E-state index in [1.807, 2.05) is 17.5 Å². The Labute approximate surface area is 180 Å². The van der Waals surface area contributed by atoms with Crippen molar-refractivity contribution in [2.75, 3.05) is 33.4 Å². The topological polar surface area (TPSA) is 94.7 Å². The van der Waals surface area contributed by atoms with Crippen LogP contribution in [0.3, 0.4) is 0 Å². The van der Waals surface area contributed by atoms with Crippen molar-refractivity contribution < 1.29 is 14.3 Å². The van der Waals surface area contributed by atoms with E-state index in [1.54, 1.807) is 18.4 Å². The lowest BCUT2D eigenvalue weighted by molar-refractivity contribution is -0.129. The first kappa shape index (κ1) is 21.9. The van der Waals surface area contributed by atoms with E-state index in [9.17, 15) is 9.59 Å². The zero-order valence-corrected chi connectivity index (χ0v) is 18.2. The Bertz CT molecular complexity index is 700. The van der Waals surface area contributed by atoms with Crippen molar-refractivity contribution in [2.24, 2.45) is 0 Å². The number of fused-ring (bicyclic) bond motifs is 1. The Morgan fingerprint density at radius 2 is 2.31 bits per heavy atom. The molecule has 0 aliphatic carbocycles. The number of thiophene rings is 1. The van der Waals surface area contributed by atoms with Gasteiger partial charge in [-0.25, -0.2) is 0 Å². The fourth-order valence-electron chi connectivity index (χ4n) is 3.84. The van der Waals surface area contributed by atoms with Crippen molar-refractivity contribution in [3.63, 3.8) is 0 Å². The van der Waals surface area contributed by atoms with E-state index >= 15 is 0 Å². The summed E-state index contributed by atoms with van der Waals surface area (Å²) in [5.41, 5.74) is 0. The molecule has 3 rings (SSSR count). The highest BCUT2D eigenvalue weighted by Crippen LogP contribution is 2.25. The standard InChI is InChI=1S/C19H29N5O3S2/c1-27-7-6-20-19(28)23-13-9-16-18(26)22-10-14(24(16)12-13)4-5-17(25)21-11-15-3-2-8-29-15/h2-3,8,13-14,16H,4-7,9-12H2,1H3,(H,21,25)(H,22,26)(H2,20,23,28). The summed E-state index contributed by atoms with van der Waals surface area (Å²) in [5, 5.41) is 15.0. The molecule has 4 N–H and O–H groups in total. The molecule has 0 bridgehead atoms. The van der Waals surface area contributed by atoms with Crippen LogP contribution in [0.4, 0.5) is 0 Å². The average molecular weight is 440 g/mol. The van der Waals surface area contributed by atoms with Gasteiger partial charge in [-0.3, -0.25) is 14.5 Å². The smallest absolute Gasteiger partial charge is 0.237 e. The molecule has 160 valence electrons. The molecule has 3 unspecified atom stereocenters. The summed E-state index contributed by atoms with van der Waals surface area (Å²) in [6.07, 6.45) is 1.87. The summed E-state index contributed by atoms with van der Waals surface area (Å²) in [7, 11) is 1.65. The minimum Gasteiger partial charge on any atom is -0.383 e. The number of rotatable bonds is 9. The third-order valence-electron chi connectivity index (χ3n) is 5.29. The van der Waals surface area contributed by atoms with Crippen LogP contribution in [0.15, 0.2) is 17.5 Å². The van der Waals surface area contributed by atoms with Gasteiger partial charge in [-0.1, -0.05) is 6.07 Å². The second kappa shape index (κ2) is 10.9. The lowest BCUT2D eigenvalue weighted by atomic mass is 10.0. The minimum absolute atomic E-state index is 0.0456. The summed E-state index contributed by atoms with van der Waals surface area (Å²) in [5.74, 6) is 0.107. The van der Waals surface area contributed by atoms with Gasteiger partial charge in [-0.2, -0.15) is 0 Å². The number of hydrogen-bond acceptors (Lipinski definition) is 6. The van der Waals surface area contributed by atoms with Crippen molar-refractivity contribution in [2.45, 2.75) is 43.9 Å². The third kappa shape index (κ3) is 6.36. The van der Waals surface area contributed by atoms with Crippen molar-refractivity contribution in [3.05, 3.63) is 22.4 Å². The van der Waals surface area contributed by atoms with Crippen LogP contribution in [0.25, 0.3) is 0 Å². The zero-order chi connectivity index (χ0) is 20.6. The highest BCUT2D eigenvalue weighted by molar-refractivity contribution is 7.80. The molecule has 2 aliphatic rings. The van der Waals surface area contributed by atoms with Gasteiger partial charge in [0.25, 0.3) is 0 Å². The van der Waals surface area contributed by atoms with E-state index in [0.29, 0.717) is 44.2 Å². The predicted octanol–water partition coefficient (Wildman–Crippen LogP) is 0.196. The minimum atomic E-state index is -0.165. The Morgan fingerprint density at radius 3 is 3.07 bits per heavy atom. The Hall–Kier alpha value is -1.75. The summed E-state index contributed by atoms with van der Waals surface area (Å²) in [6, 6.07) is 4.10. The molecule has 1 aromatic rings. The monoisotopic (exact) mass is 439 g/mol. The number of nitrogens with zero attached hydrogens (tertiary/aromatic N) is 1. The van der Waals surface area contributed by atoms with Gasteiger partial charge in [-0.15, -0.1) is 11.3 Å². The van der Waals surface area contributed by atoms with E-state index in [-0.39, 0.29) is 29.9 Å². The van der Waals surface area contributed by atoms with Crippen molar-refractivity contribution in [1.82, 2.24) is 26.2 Å². The molecule has 3 atom stereocenters. The van der Waals surface area contributed by atoms with Gasteiger partial charge in [0.05, 0.1) is 19.2 Å². The van der Waals surface area contributed by atoms with Crippen LogP contribution in [0, 0.1) is 0 Å². The molecular weight excluding hydrogens is 410 g/mol. The zero-order valence-electron chi connectivity index (χ0n) is 16.6. The van der Waals surface area contributed by atoms with Crippen LogP contribution in [-0.4, -0.2) is 73.3 Å². The molecule has 2 fully saturated rings. The number of carbonyl (C=O) groups is 2. The molecule has 0 spiro atoms. The number of thiocarbonyl (C=S) groups is 1. The van der Waals surface area contributed by atoms with Crippen LogP contribution in [-0.2, 0) is 20.9 Å². The highest BCUT2D eigenvalue weighted by Gasteiger charge is 2.43. The van der Waals surface area contributed by atoms with E-state index in [1.165, 1.54) is 0 Å². The van der Waals surface area contributed by atoms with E-state index in [0.717, 1.165) is 17.8 Å².